The molecule has 0 spiro atoms. The van der Waals surface area contributed by atoms with Crippen LogP contribution in [0.1, 0.15) is 13.8 Å². The zero-order chi connectivity index (χ0) is 7.28. The van der Waals surface area contributed by atoms with Gasteiger partial charge in [0, 0.05) is 0 Å². The molecule has 2 N–H and O–H groups in total. The normalized spacial score (nSPS) is 10.7. The first-order valence-electron chi connectivity index (χ1n) is 2.74. The maximum Gasteiger partial charge on any atom is 0.122 e. The van der Waals surface area contributed by atoms with Crippen LogP contribution in [0.4, 0.5) is 0 Å². The van der Waals surface area contributed by atoms with Gasteiger partial charge in [-0.2, -0.15) is 0 Å². The van der Waals surface area contributed by atoms with Gasteiger partial charge in [-0.15, -0.1) is 0 Å². The Morgan fingerprint density at radius 3 is 2.33 bits per heavy atom. The third kappa shape index (κ3) is 4.81. The fraction of sp³-hybridized carbons (Fsp3) is 0.286. The maximum absolute atomic E-state index is 5.31. The molecule has 50 valence electrons. The van der Waals surface area contributed by atoms with Crippen molar-refractivity contribution in [2.75, 3.05) is 0 Å². The Balaban J connectivity index is 3.98. The SMILES string of the molecule is C=N/C(N)=C\C=C(C)C. The number of nitrogens with two attached hydrogens (primary N) is 1. The Kier molecular flexibility index (Phi) is 3.44. The minimum atomic E-state index is 0.455. The molecule has 2 nitrogen and oxygen atoms in total. The highest BCUT2D eigenvalue weighted by Gasteiger charge is 1.76. The van der Waals surface area contributed by atoms with Gasteiger partial charge in [0.1, 0.15) is 5.82 Å². The fourth-order valence-electron chi connectivity index (χ4n) is 0.305. The topological polar surface area (TPSA) is 38.4 Å². The van der Waals surface area contributed by atoms with Crippen LogP contribution in [0.3, 0.4) is 0 Å². The summed E-state index contributed by atoms with van der Waals surface area (Å²) in [4.78, 5) is 3.50. The zero-order valence-corrected chi connectivity index (χ0v) is 5.89. The van der Waals surface area contributed by atoms with E-state index in [1.807, 2.05) is 19.9 Å². The third-order valence-corrected chi connectivity index (χ3v) is 0.770. The van der Waals surface area contributed by atoms with Gasteiger partial charge in [-0.1, -0.05) is 11.6 Å². The Morgan fingerprint density at radius 2 is 2.00 bits per heavy atom. The van der Waals surface area contributed by atoms with E-state index < -0.39 is 0 Å². The fourth-order valence-corrected chi connectivity index (χ4v) is 0.305. The molecule has 0 aliphatic rings. The monoisotopic (exact) mass is 124 g/mol. The first-order chi connectivity index (χ1) is 4.16. The molecule has 0 aliphatic heterocycles. The van der Waals surface area contributed by atoms with Gasteiger partial charge in [0.25, 0.3) is 0 Å². The Labute approximate surface area is 55.8 Å². The van der Waals surface area contributed by atoms with Gasteiger partial charge in [-0.25, -0.2) is 4.99 Å². The lowest BCUT2D eigenvalue weighted by Gasteiger charge is -1.86. The van der Waals surface area contributed by atoms with Crippen molar-refractivity contribution in [2.24, 2.45) is 10.7 Å². The van der Waals surface area contributed by atoms with Crippen molar-refractivity contribution in [3.63, 3.8) is 0 Å². The summed E-state index contributed by atoms with van der Waals surface area (Å²) < 4.78 is 0. The summed E-state index contributed by atoms with van der Waals surface area (Å²) in [6.45, 7) is 7.25. The highest BCUT2D eigenvalue weighted by molar-refractivity contribution is 5.29. The van der Waals surface area contributed by atoms with Crippen LogP contribution in [-0.4, -0.2) is 6.72 Å². The lowest BCUT2D eigenvalue weighted by Crippen LogP contribution is -1.90. The molecule has 0 bridgehead atoms. The van der Waals surface area contributed by atoms with E-state index in [0.29, 0.717) is 5.82 Å². The predicted octanol–water partition coefficient (Wildman–Crippen LogP) is 1.45. The van der Waals surface area contributed by atoms with E-state index in [9.17, 15) is 0 Å². The first kappa shape index (κ1) is 7.95. The summed E-state index contributed by atoms with van der Waals surface area (Å²) in [6.07, 6.45) is 3.62. The molecule has 0 aliphatic carbocycles. The Hall–Kier alpha value is -1.05. The molecule has 0 rings (SSSR count). The van der Waals surface area contributed by atoms with Crippen LogP contribution in [0.15, 0.2) is 28.5 Å². The van der Waals surface area contributed by atoms with Crippen LogP contribution >= 0.6 is 0 Å². The molecule has 9 heavy (non-hydrogen) atoms. The van der Waals surface area contributed by atoms with Gasteiger partial charge in [-0.3, -0.25) is 0 Å². The van der Waals surface area contributed by atoms with E-state index in [1.54, 1.807) is 6.08 Å². The summed E-state index contributed by atoms with van der Waals surface area (Å²) in [5.74, 6) is 0.455. The van der Waals surface area contributed by atoms with E-state index in [0.717, 1.165) is 0 Å². The second-order valence-corrected chi connectivity index (χ2v) is 1.99. The average molecular weight is 124 g/mol. The van der Waals surface area contributed by atoms with Gasteiger partial charge < -0.3 is 5.73 Å². The van der Waals surface area contributed by atoms with Crippen LogP contribution in [0, 0.1) is 0 Å². The summed E-state index contributed by atoms with van der Waals surface area (Å²) in [7, 11) is 0. The van der Waals surface area contributed by atoms with Crippen LogP contribution in [0.25, 0.3) is 0 Å². The standard InChI is InChI=1S/C7H12N2/c1-6(2)4-5-7(8)9-3/h4-5H,3,8H2,1-2H3/b7-5-. The number of aliphatic imine (C=N–C) groups is 1. The van der Waals surface area contributed by atoms with Crippen LogP contribution < -0.4 is 5.73 Å². The predicted molar refractivity (Wildman–Crippen MR) is 41.3 cm³/mol. The molecule has 0 aromatic heterocycles. The van der Waals surface area contributed by atoms with Crippen molar-refractivity contribution >= 4 is 6.72 Å². The smallest absolute Gasteiger partial charge is 0.122 e. The van der Waals surface area contributed by atoms with Crippen LogP contribution in [0.5, 0.6) is 0 Å². The minimum Gasteiger partial charge on any atom is -0.384 e. The molecule has 0 saturated carbocycles. The molecular weight excluding hydrogens is 112 g/mol. The molecule has 0 fully saturated rings. The van der Waals surface area contributed by atoms with E-state index in [1.165, 1.54) is 5.57 Å². The first-order valence-corrected chi connectivity index (χ1v) is 2.74. The van der Waals surface area contributed by atoms with Gasteiger partial charge in [0.15, 0.2) is 0 Å². The average Bonchev–Trinajstić information content (AvgIpc) is 1.83. The number of hydrogen-bond donors (Lipinski definition) is 1. The van der Waals surface area contributed by atoms with Crippen molar-refractivity contribution in [3.05, 3.63) is 23.5 Å². The highest BCUT2D eigenvalue weighted by atomic mass is 14.9. The van der Waals surface area contributed by atoms with Gasteiger partial charge in [0.2, 0.25) is 0 Å². The summed E-state index contributed by atoms with van der Waals surface area (Å²) in [6, 6.07) is 0. The molecule has 0 saturated heterocycles. The van der Waals surface area contributed by atoms with Gasteiger partial charge in [0.05, 0.1) is 0 Å². The molecule has 0 aromatic rings. The summed E-state index contributed by atoms with van der Waals surface area (Å²) in [5.41, 5.74) is 6.50. The summed E-state index contributed by atoms with van der Waals surface area (Å²) >= 11 is 0. The molecular formula is C7H12N2. The molecule has 0 aromatic carbocycles. The lowest BCUT2D eigenvalue weighted by molar-refractivity contribution is 1.25. The number of allylic oxidation sites excluding steroid dienone is 3. The molecule has 2 heteroatoms. The molecule has 0 amide bonds. The minimum absolute atomic E-state index is 0.455. The Bertz CT molecular complexity index is 150. The van der Waals surface area contributed by atoms with Crippen molar-refractivity contribution in [3.8, 4) is 0 Å². The molecule has 0 radical (unpaired) electrons. The highest BCUT2D eigenvalue weighted by Crippen LogP contribution is 1.91. The molecule has 0 unspecified atom stereocenters. The number of hydrogen-bond acceptors (Lipinski definition) is 2. The van der Waals surface area contributed by atoms with Gasteiger partial charge in [-0.05, 0) is 26.6 Å². The van der Waals surface area contributed by atoms with E-state index in [2.05, 4.69) is 11.7 Å². The van der Waals surface area contributed by atoms with Crippen molar-refractivity contribution < 1.29 is 0 Å². The molecule has 0 atom stereocenters. The van der Waals surface area contributed by atoms with Crippen LogP contribution in [0.2, 0.25) is 0 Å². The van der Waals surface area contributed by atoms with Gasteiger partial charge >= 0.3 is 0 Å². The second-order valence-electron chi connectivity index (χ2n) is 1.99. The lowest BCUT2D eigenvalue weighted by atomic mass is 10.3. The summed E-state index contributed by atoms with van der Waals surface area (Å²) in [5, 5.41) is 0. The van der Waals surface area contributed by atoms with E-state index >= 15 is 0 Å². The molecule has 0 heterocycles. The van der Waals surface area contributed by atoms with Crippen molar-refractivity contribution in [1.82, 2.24) is 0 Å². The maximum atomic E-state index is 5.31. The quantitative estimate of drug-likeness (QED) is 0.439. The number of rotatable bonds is 2. The largest absolute Gasteiger partial charge is 0.384 e. The van der Waals surface area contributed by atoms with E-state index in [4.69, 9.17) is 5.73 Å². The third-order valence-electron chi connectivity index (χ3n) is 0.770. The second kappa shape index (κ2) is 3.89. The van der Waals surface area contributed by atoms with Crippen LogP contribution in [-0.2, 0) is 0 Å². The number of nitrogens with zero attached hydrogens (tertiary/aromatic N) is 1. The van der Waals surface area contributed by atoms with Crippen molar-refractivity contribution in [1.29, 1.82) is 0 Å². The van der Waals surface area contributed by atoms with Crippen molar-refractivity contribution in [2.45, 2.75) is 13.8 Å². The zero-order valence-electron chi connectivity index (χ0n) is 5.89. The Morgan fingerprint density at radius 1 is 1.44 bits per heavy atom. The van der Waals surface area contributed by atoms with E-state index in [-0.39, 0.29) is 0 Å².